The van der Waals surface area contributed by atoms with E-state index in [0.29, 0.717) is 0 Å². The summed E-state index contributed by atoms with van der Waals surface area (Å²) in [5.41, 5.74) is 18.6. The lowest BCUT2D eigenvalue weighted by Crippen LogP contribution is -2.14. The van der Waals surface area contributed by atoms with E-state index in [0.717, 1.165) is 55.0 Å². The fourth-order valence-electron chi connectivity index (χ4n) is 11.2. The number of hydrogen-bond acceptors (Lipinski definition) is 2. The van der Waals surface area contributed by atoms with E-state index in [2.05, 4.69) is 202 Å². The topological polar surface area (TPSA) is 26.3 Å². The van der Waals surface area contributed by atoms with Crippen LogP contribution >= 0.6 is 0 Å². The van der Waals surface area contributed by atoms with E-state index >= 15 is 0 Å². The Labute approximate surface area is 375 Å². The molecule has 2 heterocycles. The van der Waals surface area contributed by atoms with E-state index in [1.54, 1.807) is 0 Å². The smallest absolute Gasteiger partial charge is 0.136 e. The molecule has 0 N–H and O–H groups in total. The lowest BCUT2D eigenvalue weighted by Gasteiger charge is -2.21. The molecule has 0 amide bonds. The maximum Gasteiger partial charge on any atom is 0.136 e. The van der Waals surface area contributed by atoms with Gasteiger partial charge in [-0.3, -0.25) is 0 Å². The average molecular weight is 829 g/mol. The molecule has 0 unspecified atom stereocenters. The normalized spacial score (nSPS) is 13.2. The Bertz CT molecular complexity index is 4140. The standard InChI is InChI=1S/C63H40O2/c1-63(2)56-21-7-5-19-50(56)62-44(20-11-22-57(62)63)43-25-28-48-47-27-24-41(32-51(47)45-16-3-4-17-46(45)52(48)34-43)39-14-9-12-37(30-39)38-13-10-15-40(31-38)42-26-29-59-53(33-42)55-36-60-54(35-61(55)65-59)49-18-6-8-23-58(49)64-60/h3-36H,1-2H3. The van der Waals surface area contributed by atoms with Gasteiger partial charge in [0.15, 0.2) is 0 Å². The first-order valence-corrected chi connectivity index (χ1v) is 22.6. The Hall–Kier alpha value is -8.20. The third kappa shape index (κ3) is 5.35. The van der Waals surface area contributed by atoms with Crippen LogP contribution < -0.4 is 0 Å². The van der Waals surface area contributed by atoms with Crippen LogP contribution in [0.2, 0.25) is 0 Å². The molecule has 1 aliphatic rings. The number of rotatable bonds is 4. The van der Waals surface area contributed by atoms with Gasteiger partial charge < -0.3 is 8.83 Å². The highest BCUT2D eigenvalue weighted by molar-refractivity contribution is 6.26. The molecular weight excluding hydrogens is 789 g/mol. The molecule has 0 aliphatic heterocycles. The first-order chi connectivity index (χ1) is 31.9. The van der Waals surface area contributed by atoms with Crippen LogP contribution in [-0.2, 0) is 5.41 Å². The lowest BCUT2D eigenvalue weighted by atomic mass is 9.82. The summed E-state index contributed by atoms with van der Waals surface area (Å²) in [6.45, 7) is 4.71. The summed E-state index contributed by atoms with van der Waals surface area (Å²) >= 11 is 0. The van der Waals surface area contributed by atoms with Crippen LogP contribution in [0.5, 0.6) is 0 Å². The highest BCUT2D eigenvalue weighted by Crippen LogP contribution is 2.52. The third-order valence-electron chi connectivity index (χ3n) is 14.4. The van der Waals surface area contributed by atoms with Crippen molar-refractivity contribution in [3.8, 4) is 55.6 Å². The van der Waals surface area contributed by atoms with Crippen molar-refractivity contribution >= 4 is 76.2 Å². The molecule has 1 aliphatic carbocycles. The average Bonchev–Trinajstić information content (AvgIpc) is 3.99. The van der Waals surface area contributed by atoms with Gasteiger partial charge >= 0.3 is 0 Å². The minimum Gasteiger partial charge on any atom is -0.456 e. The predicted molar refractivity (Wildman–Crippen MR) is 273 cm³/mol. The zero-order valence-corrected chi connectivity index (χ0v) is 35.9. The minimum absolute atomic E-state index is 0.0401. The second-order valence-corrected chi connectivity index (χ2v) is 18.4. The molecule has 0 atom stereocenters. The molecule has 13 aromatic rings. The first kappa shape index (κ1) is 36.3. The molecule has 2 aromatic heterocycles. The van der Waals surface area contributed by atoms with Crippen molar-refractivity contribution in [1.29, 1.82) is 0 Å². The fourth-order valence-corrected chi connectivity index (χ4v) is 11.2. The molecule has 304 valence electrons. The van der Waals surface area contributed by atoms with Crippen LogP contribution in [0.1, 0.15) is 25.0 Å². The molecule has 2 heteroatoms. The van der Waals surface area contributed by atoms with E-state index in [-0.39, 0.29) is 5.41 Å². The second kappa shape index (κ2) is 13.4. The Morgan fingerprint density at radius 2 is 0.692 bits per heavy atom. The van der Waals surface area contributed by atoms with Gasteiger partial charge in [0.1, 0.15) is 22.3 Å². The van der Waals surface area contributed by atoms with Crippen LogP contribution in [-0.4, -0.2) is 0 Å². The van der Waals surface area contributed by atoms with Gasteiger partial charge in [-0.2, -0.15) is 0 Å². The van der Waals surface area contributed by atoms with E-state index in [1.807, 2.05) is 18.2 Å². The summed E-state index contributed by atoms with van der Waals surface area (Å²) in [5.74, 6) is 0. The highest BCUT2D eigenvalue weighted by atomic mass is 16.3. The van der Waals surface area contributed by atoms with Crippen LogP contribution in [0, 0.1) is 0 Å². The Balaban J connectivity index is 0.837. The lowest BCUT2D eigenvalue weighted by molar-refractivity contribution is 0.660. The van der Waals surface area contributed by atoms with Crippen molar-refractivity contribution < 1.29 is 8.83 Å². The zero-order chi connectivity index (χ0) is 43.0. The SMILES string of the molecule is CC1(C)c2ccccc2-c2c(-c3ccc4c5ccc(-c6cccc(-c7cccc(-c8ccc9oc%10cc%11c(cc%10c9c8)oc8ccccc8%11)c7)c6)cc5c5ccccc5c4c3)cccc21. The molecule has 0 radical (unpaired) electrons. The van der Waals surface area contributed by atoms with Crippen molar-refractivity contribution in [2.75, 3.05) is 0 Å². The highest BCUT2D eigenvalue weighted by Gasteiger charge is 2.36. The van der Waals surface area contributed by atoms with Gasteiger partial charge in [0.25, 0.3) is 0 Å². The fraction of sp³-hybridized carbons (Fsp3) is 0.0476. The molecular formula is C63H40O2. The third-order valence-corrected chi connectivity index (χ3v) is 14.4. The largest absolute Gasteiger partial charge is 0.456 e. The van der Waals surface area contributed by atoms with Gasteiger partial charge in [0, 0.05) is 27.0 Å². The summed E-state index contributed by atoms with van der Waals surface area (Å²) in [6, 6.07) is 75.7. The van der Waals surface area contributed by atoms with Crippen LogP contribution in [0.15, 0.2) is 215 Å². The van der Waals surface area contributed by atoms with Crippen LogP contribution in [0.3, 0.4) is 0 Å². The van der Waals surface area contributed by atoms with Crippen molar-refractivity contribution in [3.05, 3.63) is 217 Å². The van der Waals surface area contributed by atoms with E-state index in [9.17, 15) is 0 Å². The summed E-state index contributed by atoms with van der Waals surface area (Å²) < 4.78 is 12.7. The molecule has 0 fully saturated rings. The van der Waals surface area contributed by atoms with Crippen molar-refractivity contribution in [3.63, 3.8) is 0 Å². The summed E-state index contributed by atoms with van der Waals surface area (Å²) in [4.78, 5) is 0. The van der Waals surface area contributed by atoms with E-state index in [4.69, 9.17) is 8.83 Å². The number of furan rings is 2. The predicted octanol–water partition coefficient (Wildman–Crippen LogP) is 17.9. The van der Waals surface area contributed by atoms with E-state index < -0.39 is 0 Å². The molecule has 0 bridgehead atoms. The van der Waals surface area contributed by atoms with Crippen molar-refractivity contribution in [2.45, 2.75) is 19.3 Å². The van der Waals surface area contributed by atoms with Gasteiger partial charge in [-0.05, 0) is 154 Å². The number of benzene rings is 11. The maximum atomic E-state index is 6.40. The Morgan fingerprint density at radius 3 is 1.37 bits per heavy atom. The summed E-state index contributed by atoms with van der Waals surface area (Å²) in [6.07, 6.45) is 0. The quantitative estimate of drug-likeness (QED) is 0.165. The second-order valence-electron chi connectivity index (χ2n) is 18.4. The maximum absolute atomic E-state index is 6.40. The van der Waals surface area contributed by atoms with Gasteiger partial charge in [0.05, 0.1) is 0 Å². The van der Waals surface area contributed by atoms with Crippen LogP contribution in [0.25, 0.3) is 132 Å². The number of hydrogen-bond donors (Lipinski definition) is 0. The van der Waals surface area contributed by atoms with Gasteiger partial charge in [-0.25, -0.2) is 0 Å². The molecule has 14 rings (SSSR count). The Morgan fingerprint density at radius 1 is 0.262 bits per heavy atom. The molecule has 65 heavy (non-hydrogen) atoms. The van der Waals surface area contributed by atoms with Gasteiger partial charge in [0.2, 0.25) is 0 Å². The first-order valence-electron chi connectivity index (χ1n) is 22.6. The van der Waals surface area contributed by atoms with Gasteiger partial charge in [-0.1, -0.05) is 166 Å². The molecule has 11 aromatic carbocycles. The minimum atomic E-state index is -0.0401. The molecule has 2 nitrogen and oxygen atoms in total. The zero-order valence-electron chi connectivity index (χ0n) is 35.9. The van der Waals surface area contributed by atoms with Crippen LogP contribution in [0.4, 0.5) is 0 Å². The van der Waals surface area contributed by atoms with Crippen molar-refractivity contribution in [2.24, 2.45) is 0 Å². The Kier molecular flexibility index (Phi) is 7.49. The molecule has 0 saturated carbocycles. The molecule has 0 saturated heterocycles. The monoisotopic (exact) mass is 828 g/mol. The van der Waals surface area contributed by atoms with Crippen molar-refractivity contribution in [1.82, 2.24) is 0 Å². The molecule has 0 spiro atoms. The summed E-state index contributed by atoms with van der Waals surface area (Å²) in [7, 11) is 0. The van der Waals surface area contributed by atoms with E-state index in [1.165, 1.54) is 88.0 Å². The summed E-state index contributed by atoms with van der Waals surface area (Å²) in [5, 5.41) is 12.0. The number of fused-ring (bicyclic) bond motifs is 15. The van der Waals surface area contributed by atoms with Gasteiger partial charge in [-0.15, -0.1) is 0 Å². The number of para-hydroxylation sites is 1.